The third-order valence-electron chi connectivity index (χ3n) is 1.52. The van der Waals surface area contributed by atoms with Gasteiger partial charge in [0.15, 0.2) is 0 Å². The number of amides is 1. The van der Waals surface area contributed by atoms with Crippen molar-refractivity contribution in [3.8, 4) is 0 Å². The fourth-order valence-electron chi connectivity index (χ4n) is 0.810. The quantitative estimate of drug-likeness (QED) is 0.552. The molecule has 0 spiro atoms. The highest BCUT2D eigenvalue weighted by molar-refractivity contribution is 8.02. The minimum Gasteiger partial charge on any atom is -0.480 e. The van der Waals surface area contributed by atoms with E-state index < -0.39 is 12.0 Å². The first-order valence-electron chi connectivity index (χ1n) is 3.76. The van der Waals surface area contributed by atoms with E-state index in [-0.39, 0.29) is 20.7 Å². The fraction of sp³-hybridized carbons (Fsp3) is 0.667. The van der Waals surface area contributed by atoms with E-state index in [1.807, 2.05) is 0 Å². The van der Waals surface area contributed by atoms with Gasteiger partial charge in [-0.2, -0.15) is 0 Å². The van der Waals surface area contributed by atoms with Gasteiger partial charge in [-0.3, -0.25) is 9.59 Å². The van der Waals surface area contributed by atoms with Gasteiger partial charge in [0.25, 0.3) is 0 Å². The van der Waals surface area contributed by atoms with E-state index in [1.165, 1.54) is 0 Å². The lowest BCUT2D eigenvalue weighted by Crippen LogP contribution is -2.34. The van der Waals surface area contributed by atoms with E-state index in [0.29, 0.717) is 6.42 Å². The molecular weight excluding hydrogens is 210 g/mol. The van der Waals surface area contributed by atoms with Crippen molar-refractivity contribution in [1.82, 2.24) is 10.4 Å². The molecule has 0 bridgehead atoms. The molecule has 0 heterocycles. The number of likely N-dealkylation sites (N-methyl/N-ethyl adjacent to an activating group) is 1. The van der Waals surface area contributed by atoms with Crippen molar-refractivity contribution in [2.75, 3.05) is 7.05 Å². The molecule has 0 aliphatic rings. The summed E-state index contributed by atoms with van der Waals surface area (Å²) in [4.78, 5) is 21.5. The number of carboxylic acids is 1. The third-order valence-corrected chi connectivity index (χ3v) is 2.37. The molecule has 3 unspecified atom stereocenters. The Hall–Kier alpha value is -0.240. The van der Waals surface area contributed by atoms with E-state index in [4.69, 9.17) is 5.11 Å². The SMILES string of the molecule is CNC(CCC(=O)NPP)C(=O)O. The van der Waals surface area contributed by atoms with Gasteiger partial charge < -0.3 is 15.5 Å². The highest BCUT2D eigenvalue weighted by atomic mass is 32.0. The van der Waals surface area contributed by atoms with Gasteiger partial charge in [-0.25, -0.2) is 0 Å². The summed E-state index contributed by atoms with van der Waals surface area (Å²) in [5.74, 6) is -1.04. The molecule has 5 nitrogen and oxygen atoms in total. The van der Waals surface area contributed by atoms with Gasteiger partial charge in [-0.15, -0.1) is 0 Å². The van der Waals surface area contributed by atoms with Crippen LogP contribution in [0.1, 0.15) is 12.8 Å². The first-order valence-corrected chi connectivity index (χ1v) is 6.57. The topological polar surface area (TPSA) is 78.4 Å². The molecule has 13 heavy (non-hydrogen) atoms. The average Bonchev–Trinajstić information content (AvgIpc) is 2.05. The van der Waals surface area contributed by atoms with Crippen molar-refractivity contribution in [3.63, 3.8) is 0 Å². The summed E-state index contributed by atoms with van der Waals surface area (Å²) < 4.78 is 0. The zero-order chi connectivity index (χ0) is 10.3. The lowest BCUT2D eigenvalue weighted by molar-refractivity contribution is -0.139. The molecule has 0 saturated heterocycles. The summed E-state index contributed by atoms with van der Waals surface area (Å²) in [5, 5.41) is 13.8. The Kier molecular flexibility index (Phi) is 7.06. The summed E-state index contributed by atoms with van der Waals surface area (Å²) in [6, 6.07) is -0.640. The molecule has 0 aliphatic heterocycles. The van der Waals surface area contributed by atoms with E-state index in [0.717, 1.165) is 0 Å². The number of aliphatic carboxylic acids is 1. The minimum atomic E-state index is -0.927. The molecule has 0 aromatic heterocycles. The summed E-state index contributed by atoms with van der Waals surface area (Å²) in [7, 11) is 4.24. The van der Waals surface area contributed by atoms with E-state index in [9.17, 15) is 9.59 Å². The number of carbonyl (C=O) groups excluding carboxylic acids is 1. The zero-order valence-corrected chi connectivity index (χ0v) is 9.49. The Morgan fingerprint density at radius 1 is 1.62 bits per heavy atom. The molecule has 0 radical (unpaired) electrons. The van der Waals surface area contributed by atoms with Crippen LogP contribution in [0.2, 0.25) is 0 Å². The van der Waals surface area contributed by atoms with Crippen LogP contribution in [0.4, 0.5) is 0 Å². The monoisotopic (exact) mass is 224 g/mol. The highest BCUT2D eigenvalue weighted by Gasteiger charge is 2.15. The first-order chi connectivity index (χ1) is 6.11. The standard InChI is InChI=1S/C6H14N2O3P2/c1-7-4(6(10)11)2-3-5(9)8-13-12/h4,7,13H,2-3,12H2,1H3,(H,8,9)(H,10,11). The maximum Gasteiger partial charge on any atom is 0.320 e. The average molecular weight is 224 g/mol. The number of carbonyl (C=O) groups is 2. The van der Waals surface area contributed by atoms with Gasteiger partial charge in [-0.05, 0) is 21.9 Å². The molecule has 76 valence electrons. The van der Waals surface area contributed by atoms with Gasteiger partial charge in [-0.1, -0.05) is 8.93 Å². The maximum absolute atomic E-state index is 10.9. The van der Waals surface area contributed by atoms with Crippen molar-refractivity contribution >= 4 is 29.2 Å². The predicted molar refractivity (Wildman–Crippen MR) is 55.9 cm³/mol. The molecule has 3 N–H and O–H groups in total. The number of rotatable bonds is 6. The summed E-state index contributed by atoms with van der Waals surface area (Å²) >= 11 is 0. The zero-order valence-electron chi connectivity index (χ0n) is 7.33. The summed E-state index contributed by atoms with van der Waals surface area (Å²) in [6.45, 7) is 0. The normalized spacial score (nSPS) is 13.1. The van der Waals surface area contributed by atoms with Crippen LogP contribution in [0.3, 0.4) is 0 Å². The molecular formula is C6H14N2O3P2. The van der Waals surface area contributed by atoms with E-state index in [1.54, 1.807) is 7.05 Å². The van der Waals surface area contributed by atoms with Crippen molar-refractivity contribution in [2.24, 2.45) is 0 Å². The van der Waals surface area contributed by atoms with Crippen LogP contribution < -0.4 is 10.4 Å². The lowest BCUT2D eigenvalue weighted by atomic mass is 10.1. The molecule has 3 atom stereocenters. The Balaban J connectivity index is 3.72. The molecule has 0 aromatic carbocycles. The number of hydrogen-bond acceptors (Lipinski definition) is 3. The van der Waals surface area contributed by atoms with Gasteiger partial charge in [0.05, 0.1) is 0 Å². The Labute approximate surface area is 81.0 Å². The Bertz CT molecular complexity index is 189. The molecule has 1 amide bonds. The smallest absolute Gasteiger partial charge is 0.320 e. The predicted octanol–water partition coefficient (Wildman–Crippen LogP) is -0.0610. The van der Waals surface area contributed by atoms with Crippen molar-refractivity contribution in [3.05, 3.63) is 0 Å². The van der Waals surface area contributed by atoms with Gasteiger partial charge in [0, 0.05) is 6.42 Å². The van der Waals surface area contributed by atoms with Crippen LogP contribution in [-0.4, -0.2) is 30.1 Å². The first kappa shape index (κ1) is 12.8. The molecule has 0 aliphatic carbocycles. The Morgan fingerprint density at radius 2 is 2.23 bits per heavy atom. The van der Waals surface area contributed by atoms with Crippen LogP contribution >= 0.6 is 17.3 Å². The fourth-order valence-corrected chi connectivity index (χ4v) is 1.58. The van der Waals surface area contributed by atoms with Gasteiger partial charge in [0.2, 0.25) is 5.91 Å². The third kappa shape index (κ3) is 5.92. The van der Waals surface area contributed by atoms with E-state index in [2.05, 4.69) is 19.3 Å². The summed E-state index contributed by atoms with van der Waals surface area (Å²) in [5.41, 5.74) is 0. The van der Waals surface area contributed by atoms with Gasteiger partial charge in [0.1, 0.15) is 6.04 Å². The van der Waals surface area contributed by atoms with Crippen molar-refractivity contribution < 1.29 is 14.7 Å². The van der Waals surface area contributed by atoms with Crippen LogP contribution in [0.15, 0.2) is 0 Å². The number of hydrogen-bond donors (Lipinski definition) is 3. The largest absolute Gasteiger partial charge is 0.480 e. The van der Waals surface area contributed by atoms with Crippen molar-refractivity contribution in [2.45, 2.75) is 18.9 Å². The second-order valence-corrected chi connectivity index (χ2v) is 3.82. The van der Waals surface area contributed by atoms with E-state index >= 15 is 0 Å². The van der Waals surface area contributed by atoms with Crippen LogP contribution in [0.25, 0.3) is 0 Å². The molecule has 0 rings (SSSR count). The lowest BCUT2D eigenvalue weighted by Gasteiger charge is -2.09. The van der Waals surface area contributed by atoms with Crippen molar-refractivity contribution in [1.29, 1.82) is 0 Å². The van der Waals surface area contributed by atoms with Crippen LogP contribution in [-0.2, 0) is 9.59 Å². The minimum absolute atomic E-state index is 0.116. The van der Waals surface area contributed by atoms with Crippen LogP contribution in [0, 0.1) is 0 Å². The molecule has 0 aromatic rings. The molecule has 7 heteroatoms. The van der Waals surface area contributed by atoms with Crippen LogP contribution in [0.5, 0.6) is 0 Å². The Morgan fingerprint density at radius 3 is 2.62 bits per heavy atom. The maximum atomic E-state index is 10.9. The number of carboxylic acid groups (broad SMARTS) is 1. The number of nitrogens with one attached hydrogen (secondary N) is 2. The second kappa shape index (κ2) is 7.19. The second-order valence-electron chi connectivity index (χ2n) is 2.41. The molecule has 0 saturated carbocycles. The highest BCUT2D eigenvalue weighted by Crippen LogP contribution is 2.13. The van der Waals surface area contributed by atoms with Gasteiger partial charge >= 0.3 is 5.97 Å². The summed E-state index contributed by atoms with van der Waals surface area (Å²) in [6.07, 6.45) is 0.548. The molecule has 0 fully saturated rings.